The van der Waals surface area contributed by atoms with Crippen LogP contribution in [0, 0.1) is 6.57 Å². The fourth-order valence-electron chi connectivity index (χ4n) is 4.52. The minimum absolute atomic E-state index is 0.112. The highest BCUT2D eigenvalue weighted by Gasteiger charge is 2.29. The van der Waals surface area contributed by atoms with Gasteiger partial charge >= 0.3 is 0 Å². The zero-order valence-electron chi connectivity index (χ0n) is 20.4. The van der Waals surface area contributed by atoms with E-state index in [1.54, 1.807) is 24.3 Å². The van der Waals surface area contributed by atoms with E-state index in [1.807, 2.05) is 47.8 Å². The van der Waals surface area contributed by atoms with Crippen LogP contribution < -0.4 is 10.5 Å². The smallest absolute Gasteiger partial charge is 0.268 e. The molecular weight excluding hydrogens is 518 g/mol. The highest BCUT2D eigenvalue weighted by Crippen LogP contribution is 2.47. The summed E-state index contributed by atoms with van der Waals surface area (Å²) in [7, 11) is -2.54. The van der Waals surface area contributed by atoms with Gasteiger partial charge in [0.1, 0.15) is 5.75 Å². The minimum atomic E-state index is -4.06. The predicted octanol–water partition coefficient (Wildman–Crippen LogP) is 6.25. The van der Waals surface area contributed by atoms with Crippen molar-refractivity contribution in [2.45, 2.75) is 17.7 Å². The number of para-hydroxylation sites is 1. The fraction of sp³-hybridized carbons (Fsp3) is 0.103. The lowest BCUT2D eigenvalue weighted by atomic mass is 9.98. The number of primary amides is 1. The monoisotopic (exact) mass is 541 g/mol. The number of ether oxygens (including phenoxy) is 1. The third-order valence-electron chi connectivity index (χ3n) is 6.33. The Morgan fingerprint density at radius 1 is 1.03 bits per heavy atom. The van der Waals surface area contributed by atoms with E-state index in [0.29, 0.717) is 45.1 Å². The molecule has 0 unspecified atom stereocenters. The third-order valence-corrected chi connectivity index (χ3v) is 8.87. The van der Waals surface area contributed by atoms with Crippen molar-refractivity contribution in [2.24, 2.45) is 5.73 Å². The molecule has 0 spiro atoms. The number of hydrogen-bond acceptors (Lipinski definition) is 5. The van der Waals surface area contributed by atoms with Crippen LogP contribution in [-0.4, -0.2) is 25.4 Å². The molecule has 0 fully saturated rings. The van der Waals surface area contributed by atoms with Crippen LogP contribution in [-0.2, 0) is 21.2 Å². The zero-order chi connectivity index (χ0) is 26.9. The highest BCUT2D eigenvalue weighted by molar-refractivity contribution is 7.90. The van der Waals surface area contributed by atoms with E-state index < -0.39 is 10.0 Å². The number of aryl methyl sites for hydroxylation is 1. The van der Waals surface area contributed by atoms with E-state index >= 15 is 0 Å². The van der Waals surface area contributed by atoms with Gasteiger partial charge < -0.3 is 10.5 Å². The number of rotatable bonds is 8. The normalized spacial score (nSPS) is 11.4. The van der Waals surface area contributed by atoms with E-state index in [-0.39, 0.29) is 17.2 Å². The molecule has 2 N–H and O–H groups in total. The summed E-state index contributed by atoms with van der Waals surface area (Å²) in [5, 5.41) is 3.04. The van der Waals surface area contributed by atoms with Crippen molar-refractivity contribution >= 4 is 43.2 Å². The topological polar surface area (TPSA) is 95.8 Å². The van der Waals surface area contributed by atoms with Crippen LogP contribution in [0.25, 0.3) is 38.1 Å². The summed E-state index contributed by atoms with van der Waals surface area (Å²) in [6, 6.07) is 22.9. The largest absolute Gasteiger partial charge is 0.497 e. The Labute approximate surface area is 224 Å². The van der Waals surface area contributed by atoms with Crippen LogP contribution in [0.15, 0.2) is 89.1 Å². The van der Waals surface area contributed by atoms with Crippen LogP contribution in [0.3, 0.4) is 0 Å². The Morgan fingerprint density at radius 3 is 2.39 bits per heavy atom. The second kappa shape index (κ2) is 10.2. The van der Waals surface area contributed by atoms with Crippen molar-refractivity contribution in [3.05, 3.63) is 101 Å². The summed E-state index contributed by atoms with van der Waals surface area (Å²) in [4.78, 5) is 15.1. The van der Waals surface area contributed by atoms with Gasteiger partial charge in [-0.15, -0.1) is 0 Å². The quantitative estimate of drug-likeness (QED) is 0.235. The Balaban J connectivity index is 1.82. The summed E-state index contributed by atoms with van der Waals surface area (Å²) in [6.45, 7) is 7.71. The van der Waals surface area contributed by atoms with Crippen molar-refractivity contribution < 1.29 is 17.9 Å². The standard InChI is InChI=1S/C29H23N3O4S2/c1-31-29-24(17-18-37-29)27-23-5-3-4-6-25(23)32(38(34,35)22-14-12-21(36-2)13-15-22)28(27)20-10-7-19(8-11-20)9-16-26(30)33/h3-8,10-15,17-18H,9,16H2,2H3,(H2,30,33). The molecule has 0 bridgehead atoms. The maximum Gasteiger partial charge on any atom is 0.268 e. The lowest BCUT2D eigenvalue weighted by Gasteiger charge is -2.14. The fourth-order valence-corrected chi connectivity index (χ4v) is 6.75. The van der Waals surface area contributed by atoms with Gasteiger partial charge in [-0.3, -0.25) is 4.79 Å². The lowest BCUT2D eigenvalue weighted by molar-refractivity contribution is -0.117. The highest BCUT2D eigenvalue weighted by atomic mass is 32.2. The van der Waals surface area contributed by atoms with Gasteiger partial charge in [0.15, 0.2) is 0 Å². The first kappa shape index (κ1) is 25.3. The molecule has 2 heterocycles. The Kier molecular flexibility index (Phi) is 6.76. The zero-order valence-corrected chi connectivity index (χ0v) is 22.1. The van der Waals surface area contributed by atoms with Gasteiger partial charge in [-0.1, -0.05) is 48.5 Å². The molecule has 1 amide bonds. The number of aromatic nitrogens is 1. The predicted molar refractivity (Wildman–Crippen MR) is 150 cm³/mol. The van der Waals surface area contributed by atoms with Gasteiger partial charge in [-0.05, 0) is 53.3 Å². The second-order valence-corrected chi connectivity index (χ2v) is 11.3. The first-order chi connectivity index (χ1) is 18.3. The molecular formula is C29H23N3O4S2. The first-order valence-corrected chi connectivity index (χ1v) is 14.0. The number of nitrogens with two attached hydrogens (primary N) is 1. The third kappa shape index (κ3) is 4.45. The maximum absolute atomic E-state index is 14.2. The summed E-state index contributed by atoms with van der Waals surface area (Å²) < 4.78 is 35.1. The van der Waals surface area contributed by atoms with Crippen molar-refractivity contribution in [1.29, 1.82) is 0 Å². The first-order valence-electron chi connectivity index (χ1n) is 11.7. The minimum Gasteiger partial charge on any atom is -0.497 e. The van der Waals surface area contributed by atoms with Gasteiger partial charge in [0.2, 0.25) is 10.9 Å². The molecule has 9 heteroatoms. The van der Waals surface area contributed by atoms with Crippen LogP contribution in [0.2, 0.25) is 0 Å². The van der Waals surface area contributed by atoms with Crippen molar-refractivity contribution in [1.82, 2.24) is 3.97 Å². The van der Waals surface area contributed by atoms with E-state index in [1.165, 1.54) is 34.6 Å². The van der Waals surface area contributed by atoms with Crippen molar-refractivity contribution in [2.75, 3.05) is 7.11 Å². The molecule has 0 radical (unpaired) electrons. The number of carbonyl (C=O) groups excluding carboxylic acids is 1. The molecule has 3 aromatic carbocycles. The molecule has 5 aromatic rings. The van der Waals surface area contributed by atoms with Gasteiger partial charge in [0.25, 0.3) is 10.0 Å². The Hall–Kier alpha value is -4.39. The SMILES string of the molecule is [C-]#[N+]c1sccc1-c1c(-c2ccc(CCC(N)=O)cc2)n(S(=O)(=O)c2ccc(OC)cc2)c2ccccc12. The van der Waals surface area contributed by atoms with Crippen molar-refractivity contribution in [3.8, 4) is 28.1 Å². The van der Waals surface area contributed by atoms with Gasteiger partial charge in [-0.25, -0.2) is 17.2 Å². The lowest BCUT2D eigenvalue weighted by Crippen LogP contribution is -2.14. The maximum atomic E-state index is 14.2. The molecule has 0 aliphatic carbocycles. The number of methoxy groups -OCH3 is 1. The van der Waals surface area contributed by atoms with Gasteiger partial charge in [0, 0.05) is 22.9 Å². The van der Waals surface area contributed by atoms with Gasteiger partial charge in [-0.2, -0.15) is 11.3 Å². The van der Waals surface area contributed by atoms with E-state index in [4.69, 9.17) is 17.0 Å². The molecule has 7 nitrogen and oxygen atoms in total. The van der Waals surface area contributed by atoms with E-state index in [0.717, 1.165) is 10.9 Å². The number of thiophene rings is 1. The summed E-state index contributed by atoms with van der Waals surface area (Å²) in [5.74, 6) is 0.167. The van der Waals surface area contributed by atoms with Gasteiger partial charge in [0.05, 0.1) is 29.8 Å². The number of benzene rings is 3. The van der Waals surface area contributed by atoms with Crippen molar-refractivity contribution in [3.63, 3.8) is 0 Å². The molecule has 2 aromatic heterocycles. The average Bonchev–Trinajstić information content (AvgIpc) is 3.54. The molecule has 0 saturated carbocycles. The molecule has 0 saturated heterocycles. The Bertz CT molecular complexity index is 1790. The molecule has 190 valence electrons. The van der Waals surface area contributed by atoms with E-state index in [2.05, 4.69) is 4.85 Å². The number of amides is 1. The average molecular weight is 542 g/mol. The number of carbonyl (C=O) groups is 1. The summed E-state index contributed by atoms with van der Waals surface area (Å²) in [6.07, 6.45) is 0.710. The second-order valence-electron chi connectivity index (χ2n) is 8.60. The molecule has 0 aliphatic rings. The number of fused-ring (bicyclic) bond motifs is 1. The summed E-state index contributed by atoms with van der Waals surface area (Å²) in [5.41, 5.74) is 9.21. The van der Waals surface area contributed by atoms with E-state index in [9.17, 15) is 13.2 Å². The number of hydrogen-bond donors (Lipinski definition) is 1. The van der Waals surface area contributed by atoms with Crippen LogP contribution >= 0.6 is 11.3 Å². The molecule has 0 atom stereocenters. The van der Waals surface area contributed by atoms with Crippen LogP contribution in [0.4, 0.5) is 5.00 Å². The summed E-state index contributed by atoms with van der Waals surface area (Å²) >= 11 is 1.32. The number of nitrogens with zero attached hydrogens (tertiary/aromatic N) is 2. The van der Waals surface area contributed by atoms with Crippen LogP contribution in [0.5, 0.6) is 5.75 Å². The van der Waals surface area contributed by atoms with Crippen LogP contribution in [0.1, 0.15) is 12.0 Å². The molecule has 38 heavy (non-hydrogen) atoms. The Morgan fingerprint density at radius 2 is 1.74 bits per heavy atom. The molecule has 0 aliphatic heterocycles. The molecule has 5 rings (SSSR count).